The number of phenols is 1. The Balaban J connectivity index is 1.39. The van der Waals surface area contributed by atoms with Gasteiger partial charge >= 0.3 is 11.0 Å². The summed E-state index contributed by atoms with van der Waals surface area (Å²) >= 11 is 7.75. The molecule has 3 amide bonds. The number of aromatic hydroxyl groups is 1. The molecule has 1 saturated heterocycles. The highest BCUT2D eigenvalue weighted by atomic mass is 35.5. The van der Waals surface area contributed by atoms with Gasteiger partial charge in [0.2, 0.25) is 17.7 Å². The predicted molar refractivity (Wildman–Crippen MR) is 156 cm³/mol. The number of carbonyl (C=O) groups excluding carboxylic acids is 3. The SMILES string of the molecule is O=C(Cn1c2c(sc1=O)C(c1ccccc1O)C1C(=O)N(c3ccc(Cl)cc3)C(=O)C1S2)Nc1cccc(C(F)(F)F)c1. The van der Waals surface area contributed by atoms with Crippen molar-refractivity contribution >= 4 is 63.8 Å². The topological polar surface area (TPSA) is 109 Å². The lowest BCUT2D eigenvalue weighted by Gasteiger charge is -2.31. The van der Waals surface area contributed by atoms with E-state index in [1.165, 1.54) is 12.1 Å². The Morgan fingerprint density at radius 3 is 2.40 bits per heavy atom. The quantitative estimate of drug-likeness (QED) is 0.269. The lowest BCUT2D eigenvalue weighted by Crippen LogP contribution is -2.33. The van der Waals surface area contributed by atoms with Crippen molar-refractivity contribution in [3.8, 4) is 5.75 Å². The largest absolute Gasteiger partial charge is 0.508 e. The number of alkyl halides is 3. The molecular formula is C29H19ClF3N3O5S2. The van der Waals surface area contributed by atoms with Gasteiger partial charge in [0.05, 0.1) is 22.2 Å². The minimum atomic E-state index is -4.61. The van der Waals surface area contributed by atoms with Crippen LogP contribution in [0.2, 0.25) is 5.02 Å². The molecule has 0 radical (unpaired) electrons. The Morgan fingerprint density at radius 1 is 0.977 bits per heavy atom. The predicted octanol–water partition coefficient (Wildman–Crippen LogP) is 5.72. The highest BCUT2D eigenvalue weighted by Gasteiger charge is 2.57. The fourth-order valence-electron chi connectivity index (χ4n) is 5.30. The van der Waals surface area contributed by atoms with Crippen molar-refractivity contribution < 1.29 is 32.7 Å². The van der Waals surface area contributed by atoms with Crippen molar-refractivity contribution in [1.82, 2.24) is 4.57 Å². The first-order chi connectivity index (χ1) is 20.4. The summed E-state index contributed by atoms with van der Waals surface area (Å²) in [5.74, 6) is -3.81. The maximum atomic E-state index is 13.9. The average molecular weight is 646 g/mol. The number of hydrogen-bond donors (Lipinski definition) is 2. The minimum absolute atomic E-state index is 0.105. The van der Waals surface area contributed by atoms with Gasteiger partial charge in [0.25, 0.3) is 0 Å². The van der Waals surface area contributed by atoms with Gasteiger partial charge < -0.3 is 10.4 Å². The van der Waals surface area contributed by atoms with Crippen LogP contribution in [0, 0.1) is 5.92 Å². The number of carbonyl (C=O) groups is 3. The van der Waals surface area contributed by atoms with Gasteiger partial charge in [0.15, 0.2) is 0 Å². The van der Waals surface area contributed by atoms with Gasteiger partial charge in [-0.05, 0) is 48.5 Å². The van der Waals surface area contributed by atoms with Crippen molar-refractivity contribution in [2.75, 3.05) is 10.2 Å². The van der Waals surface area contributed by atoms with Crippen molar-refractivity contribution in [2.45, 2.75) is 28.9 Å². The molecule has 43 heavy (non-hydrogen) atoms. The summed E-state index contributed by atoms with van der Waals surface area (Å²) in [7, 11) is 0. The first-order valence-corrected chi connectivity index (χ1v) is 14.8. The van der Waals surface area contributed by atoms with Crippen LogP contribution >= 0.6 is 34.7 Å². The number of halogens is 4. The number of nitrogens with one attached hydrogen (secondary N) is 1. The van der Waals surface area contributed by atoms with E-state index in [2.05, 4.69) is 5.32 Å². The highest BCUT2D eigenvalue weighted by molar-refractivity contribution is 8.00. The third-order valence-electron chi connectivity index (χ3n) is 7.18. The number of phenolic OH excluding ortho intramolecular Hbond substituents is 1. The maximum Gasteiger partial charge on any atom is 0.416 e. The Hall–Kier alpha value is -4.07. The van der Waals surface area contributed by atoms with Gasteiger partial charge in [-0.1, -0.05) is 59.0 Å². The normalized spacial score (nSPS) is 19.7. The summed E-state index contributed by atoms with van der Waals surface area (Å²) in [4.78, 5) is 54.7. The smallest absolute Gasteiger partial charge is 0.416 e. The molecule has 1 aromatic heterocycles. The number of hydrogen-bond acceptors (Lipinski definition) is 7. The third kappa shape index (κ3) is 5.21. The summed E-state index contributed by atoms with van der Waals surface area (Å²) in [6, 6.07) is 16.6. The Morgan fingerprint density at radius 2 is 1.70 bits per heavy atom. The summed E-state index contributed by atoms with van der Waals surface area (Å²) < 4.78 is 40.6. The monoisotopic (exact) mass is 645 g/mol. The lowest BCUT2D eigenvalue weighted by molar-refractivity contribution is -0.137. The van der Waals surface area contributed by atoms with E-state index in [1.807, 2.05) is 0 Å². The van der Waals surface area contributed by atoms with Crippen LogP contribution in [0.5, 0.6) is 5.75 Å². The van der Waals surface area contributed by atoms with Crippen LogP contribution in [0.15, 0.2) is 82.6 Å². The van der Waals surface area contributed by atoms with E-state index < -0.39 is 58.0 Å². The van der Waals surface area contributed by atoms with Crippen LogP contribution in [0.4, 0.5) is 24.5 Å². The number of rotatable bonds is 5. The Labute approximate surface area is 254 Å². The van der Waals surface area contributed by atoms with Crippen LogP contribution in [0.1, 0.15) is 21.9 Å². The lowest BCUT2D eigenvalue weighted by atomic mass is 9.82. The van der Waals surface area contributed by atoms with Crippen LogP contribution in [0.25, 0.3) is 0 Å². The van der Waals surface area contributed by atoms with Crippen LogP contribution in [-0.4, -0.2) is 32.6 Å². The van der Waals surface area contributed by atoms with Gasteiger partial charge in [0, 0.05) is 27.1 Å². The summed E-state index contributed by atoms with van der Waals surface area (Å²) in [6.45, 7) is -0.554. The van der Waals surface area contributed by atoms with E-state index in [0.717, 1.165) is 50.8 Å². The molecule has 14 heteroatoms. The third-order valence-corrected chi connectivity index (χ3v) is 10.0. The zero-order chi connectivity index (χ0) is 30.6. The second-order valence-corrected chi connectivity index (χ2v) is 12.4. The number of nitrogens with zero attached hydrogens (tertiary/aromatic N) is 2. The summed E-state index contributed by atoms with van der Waals surface area (Å²) in [5.41, 5.74) is -0.407. The minimum Gasteiger partial charge on any atom is -0.508 e. The van der Waals surface area contributed by atoms with Gasteiger partial charge in [0.1, 0.15) is 17.5 Å². The molecule has 220 valence electrons. The highest BCUT2D eigenvalue weighted by Crippen LogP contribution is 2.55. The van der Waals surface area contributed by atoms with Crippen molar-refractivity contribution in [2.24, 2.45) is 5.92 Å². The summed E-state index contributed by atoms with van der Waals surface area (Å²) in [5, 5.41) is 12.9. The molecule has 1 fully saturated rings. The number of para-hydroxylation sites is 1. The van der Waals surface area contributed by atoms with Crippen molar-refractivity contribution in [3.63, 3.8) is 0 Å². The molecule has 2 aliphatic heterocycles. The molecule has 6 rings (SSSR count). The molecule has 3 heterocycles. The van der Waals surface area contributed by atoms with E-state index in [1.54, 1.807) is 42.5 Å². The average Bonchev–Trinajstić information content (AvgIpc) is 3.40. The molecule has 4 aromatic rings. The number of fused-ring (bicyclic) bond motifs is 2. The number of amides is 3. The molecule has 2 N–H and O–H groups in total. The molecule has 0 bridgehead atoms. The fourth-order valence-corrected chi connectivity index (χ4v) is 8.19. The Kier molecular flexibility index (Phi) is 7.35. The van der Waals surface area contributed by atoms with Crippen molar-refractivity contribution in [3.05, 3.63) is 103 Å². The molecule has 3 aromatic carbocycles. The van der Waals surface area contributed by atoms with Gasteiger partial charge in [-0.15, -0.1) is 0 Å². The van der Waals surface area contributed by atoms with Gasteiger partial charge in [-0.3, -0.25) is 23.7 Å². The first kappa shape index (κ1) is 29.0. The number of thiazole rings is 1. The molecule has 0 aliphatic carbocycles. The second kappa shape index (κ2) is 10.9. The van der Waals surface area contributed by atoms with Crippen molar-refractivity contribution in [1.29, 1.82) is 0 Å². The molecule has 3 atom stereocenters. The van der Waals surface area contributed by atoms with E-state index in [0.29, 0.717) is 21.2 Å². The Bertz CT molecular complexity index is 1840. The van der Waals surface area contributed by atoms with E-state index in [4.69, 9.17) is 11.6 Å². The zero-order valence-electron chi connectivity index (χ0n) is 21.7. The van der Waals surface area contributed by atoms with Gasteiger partial charge in [-0.25, -0.2) is 4.90 Å². The molecular weight excluding hydrogens is 627 g/mol. The molecule has 3 unspecified atom stereocenters. The van der Waals surface area contributed by atoms with Crippen LogP contribution < -0.4 is 15.1 Å². The number of benzene rings is 3. The second-order valence-electron chi connectivity index (χ2n) is 9.84. The number of imide groups is 1. The molecule has 8 nitrogen and oxygen atoms in total. The zero-order valence-corrected chi connectivity index (χ0v) is 24.1. The fraction of sp³-hybridized carbons (Fsp3) is 0.172. The maximum absolute atomic E-state index is 13.9. The summed E-state index contributed by atoms with van der Waals surface area (Å²) in [6.07, 6.45) is -4.61. The molecule has 2 aliphatic rings. The van der Waals surface area contributed by atoms with Crippen LogP contribution in [0.3, 0.4) is 0 Å². The molecule has 0 spiro atoms. The van der Waals surface area contributed by atoms with E-state index in [-0.39, 0.29) is 16.5 Å². The van der Waals surface area contributed by atoms with Gasteiger partial charge in [-0.2, -0.15) is 13.2 Å². The van der Waals surface area contributed by atoms with E-state index in [9.17, 15) is 37.5 Å². The number of thioether (sulfide) groups is 1. The van der Waals surface area contributed by atoms with Crippen LogP contribution in [-0.2, 0) is 27.1 Å². The number of anilines is 2. The van der Waals surface area contributed by atoms with E-state index >= 15 is 0 Å². The standard InChI is InChI=1S/C29H19ClF3N3O5S2/c30-15-8-10-17(11-9-15)36-25(39)22-21(18-6-1-2-7-19(18)37)24-27(42-23(22)26(36)40)35(28(41)43-24)13-20(38)34-16-5-3-4-14(12-16)29(31,32)33/h1-12,21-23,37H,13H2,(H,34,38). The molecule has 0 saturated carbocycles. The first-order valence-electron chi connectivity index (χ1n) is 12.7. The number of aromatic nitrogens is 1.